The van der Waals surface area contributed by atoms with Crippen LogP contribution in [0.25, 0.3) is 0 Å². The van der Waals surface area contributed by atoms with E-state index >= 15 is 0 Å². The highest BCUT2D eigenvalue weighted by molar-refractivity contribution is 5.95. The lowest BCUT2D eigenvalue weighted by Crippen LogP contribution is -2.27. The Balaban J connectivity index is 2.06. The molecular weight excluding hydrogens is 216 g/mol. The molecule has 5 heteroatoms. The Bertz CT molecular complexity index is 506. The highest BCUT2D eigenvalue weighted by atomic mass is 16.2. The zero-order valence-electron chi connectivity index (χ0n) is 9.50. The van der Waals surface area contributed by atoms with Gasteiger partial charge in [-0.05, 0) is 5.56 Å². The van der Waals surface area contributed by atoms with Gasteiger partial charge in [-0.25, -0.2) is 0 Å². The first-order chi connectivity index (χ1) is 8.16. The maximum atomic E-state index is 11.8. The number of anilines is 1. The van der Waals surface area contributed by atoms with Crippen molar-refractivity contribution in [3.63, 3.8) is 0 Å². The summed E-state index contributed by atoms with van der Waals surface area (Å²) in [5.41, 5.74) is 7.28. The molecule has 0 radical (unpaired) electrons. The summed E-state index contributed by atoms with van der Waals surface area (Å²) in [5.74, 6) is -0.246. The largest absolute Gasteiger partial charge is 0.322 e. The van der Waals surface area contributed by atoms with Gasteiger partial charge in [-0.2, -0.15) is 5.10 Å². The van der Waals surface area contributed by atoms with Gasteiger partial charge in [0.15, 0.2) is 0 Å². The van der Waals surface area contributed by atoms with Gasteiger partial charge in [0, 0.05) is 13.2 Å². The summed E-state index contributed by atoms with van der Waals surface area (Å²) in [4.78, 5) is 11.8. The van der Waals surface area contributed by atoms with Crippen molar-refractivity contribution in [1.29, 1.82) is 0 Å². The van der Waals surface area contributed by atoms with E-state index in [0.717, 1.165) is 5.56 Å². The second-order valence-corrected chi connectivity index (χ2v) is 3.78. The molecule has 2 aromatic rings. The molecule has 0 aliphatic carbocycles. The summed E-state index contributed by atoms with van der Waals surface area (Å²) in [6, 6.07) is 8.58. The molecular formula is C12H14N4O. The van der Waals surface area contributed by atoms with Gasteiger partial charge in [0.2, 0.25) is 5.91 Å². The maximum absolute atomic E-state index is 11.8. The number of aromatic nitrogens is 2. The van der Waals surface area contributed by atoms with Crippen LogP contribution in [-0.2, 0) is 11.8 Å². The molecule has 3 N–H and O–H groups in total. The second-order valence-electron chi connectivity index (χ2n) is 3.78. The number of amides is 1. The van der Waals surface area contributed by atoms with Gasteiger partial charge in [-0.3, -0.25) is 9.48 Å². The fourth-order valence-corrected chi connectivity index (χ4v) is 1.52. The van der Waals surface area contributed by atoms with Gasteiger partial charge in [0.25, 0.3) is 0 Å². The highest BCUT2D eigenvalue weighted by Crippen LogP contribution is 2.12. The predicted molar refractivity (Wildman–Crippen MR) is 65.2 cm³/mol. The van der Waals surface area contributed by atoms with Gasteiger partial charge in [-0.1, -0.05) is 30.3 Å². The molecule has 0 unspecified atom stereocenters. The summed E-state index contributed by atoms with van der Waals surface area (Å²) in [6.07, 6.45) is 3.30. The molecule has 2 rings (SSSR count). The molecule has 1 aromatic carbocycles. The van der Waals surface area contributed by atoms with Crippen molar-refractivity contribution in [2.45, 2.75) is 6.04 Å². The second kappa shape index (κ2) is 4.80. The molecule has 0 bridgehead atoms. The van der Waals surface area contributed by atoms with E-state index in [2.05, 4.69) is 10.4 Å². The topological polar surface area (TPSA) is 72.9 Å². The third-order valence-corrected chi connectivity index (χ3v) is 2.41. The number of benzene rings is 1. The van der Waals surface area contributed by atoms with Crippen molar-refractivity contribution in [3.8, 4) is 0 Å². The highest BCUT2D eigenvalue weighted by Gasteiger charge is 2.15. The Morgan fingerprint density at radius 3 is 2.71 bits per heavy atom. The third-order valence-electron chi connectivity index (χ3n) is 2.41. The van der Waals surface area contributed by atoms with Crippen molar-refractivity contribution in [2.75, 3.05) is 5.32 Å². The van der Waals surface area contributed by atoms with Crippen LogP contribution >= 0.6 is 0 Å². The SMILES string of the molecule is Cn1cc(NC(=O)[C@H](N)c2ccccc2)cn1. The third kappa shape index (κ3) is 2.70. The first kappa shape index (κ1) is 11.3. The maximum Gasteiger partial charge on any atom is 0.245 e. The van der Waals surface area contributed by atoms with Crippen LogP contribution in [0, 0.1) is 0 Å². The minimum Gasteiger partial charge on any atom is -0.322 e. The first-order valence-electron chi connectivity index (χ1n) is 5.27. The van der Waals surface area contributed by atoms with Gasteiger partial charge in [0.05, 0.1) is 11.9 Å². The predicted octanol–water partition coefficient (Wildman–Crippen LogP) is 1.06. The Morgan fingerprint density at radius 1 is 1.41 bits per heavy atom. The number of aryl methyl sites for hydroxylation is 1. The standard InChI is InChI=1S/C12H14N4O/c1-16-8-10(7-14-16)15-12(17)11(13)9-5-3-2-4-6-9/h2-8,11H,13H2,1H3,(H,15,17)/t11-/m1/s1. The van der Waals surface area contributed by atoms with Crippen LogP contribution < -0.4 is 11.1 Å². The summed E-state index contributed by atoms with van der Waals surface area (Å²) >= 11 is 0. The van der Waals surface area contributed by atoms with Crippen LogP contribution in [0.1, 0.15) is 11.6 Å². The number of nitrogens with zero attached hydrogens (tertiary/aromatic N) is 2. The van der Waals surface area contributed by atoms with Crippen molar-refractivity contribution >= 4 is 11.6 Å². The number of nitrogens with one attached hydrogen (secondary N) is 1. The van der Waals surface area contributed by atoms with E-state index < -0.39 is 6.04 Å². The lowest BCUT2D eigenvalue weighted by molar-refractivity contribution is -0.117. The lowest BCUT2D eigenvalue weighted by Gasteiger charge is -2.11. The zero-order valence-corrected chi connectivity index (χ0v) is 9.50. The fourth-order valence-electron chi connectivity index (χ4n) is 1.52. The number of hydrogen-bond donors (Lipinski definition) is 2. The van der Waals surface area contributed by atoms with E-state index in [1.807, 2.05) is 30.3 Å². The normalized spacial score (nSPS) is 12.1. The van der Waals surface area contributed by atoms with E-state index in [1.165, 1.54) is 0 Å². The molecule has 0 saturated heterocycles. The number of nitrogens with two attached hydrogens (primary N) is 1. The quantitative estimate of drug-likeness (QED) is 0.828. The van der Waals surface area contributed by atoms with Gasteiger partial charge in [0.1, 0.15) is 6.04 Å². The molecule has 0 spiro atoms. The van der Waals surface area contributed by atoms with Gasteiger partial charge in [-0.15, -0.1) is 0 Å². The van der Waals surface area contributed by atoms with Crippen LogP contribution in [0.2, 0.25) is 0 Å². The molecule has 1 atom stereocenters. The van der Waals surface area contributed by atoms with Crippen LogP contribution in [0.3, 0.4) is 0 Å². The zero-order chi connectivity index (χ0) is 12.3. The molecule has 0 aliphatic rings. The molecule has 1 aromatic heterocycles. The molecule has 17 heavy (non-hydrogen) atoms. The summed E-state index contributed by atoms with van der Waals surface area (Å²) in [5, 5.41) is 6.68. The van der Waals surface area contributed by atoms with Crippen LogP contribution in [0.5, 0.6) is 0 Å². The smallest absolute Gasteiger partial charge is 0.245 e. The molecule has 0 fully saturated rings. The van der Waals surface area contributed by atoms with Crippen molar-refractivity contribution < 1.29 is 4.79 Å². The van der Waals surface area contributed by atoms with Crippen molar-refractivity contribution in [3.05, 3.63) is 48.3 Å². The minimum atomic E-state index is -0.670. The van der Waals surface area contributed by atoms with Crippen LogP contribution in [0.4, 0.5) is 5.69 Å². The molecule has 1 heterocycles. The molecule has 1 amide bonds. The lowest BCUT2D eigenvalue weighted by atomic mass is 10.1. The van der Waals surface area contributed by atoms with Gasteiger partial charge >= 0.3 is 0 Å². The summed E-state index contributed by atoms with van der Waals surface area (Å²) in [6.45, 7) is 0. The molecule has 5 nitrogen and oxygen atoms in total. The van der Waals surface area contributed by atoms with Crippen molar-refractivity contribution in [2.24, 2.45) is 12.8 Å². The van der Waals surface area contributed by atoms with E-state index in [9.17, 15) is 4.79 Å². The molecule has 0 aliphatic heterocycles. The number of rotatable bonds is 3. The number of carbonyl (C=O) groups is 1. The fraction of sp³-hybridized carbons (Fsp3) is 0.167. The monoisotopic (exact) mass is 230 g/mol. The van der Waals surface area contributed by atoms with Crippen LogP contribution in [-0.4, -0.2) is 15.7 Å². The Labute approximate surface area is 99.2 Å². The van der Waals surface area contributed by atoms with E-state index in [0.29, 0.717) is 5.69 Å². The first-order valence-corrected chi connectivity index (χ1v) is 5.27. The minimum absolute atomic E-state index is 0.246. The number of carbonyl (C=O) groups excluding carboxylic acids is 1. The Hall–Kier alpha value is -2.14. The number of hydrogen-bond acceptors (Lipinski definition) is 3. The Kier molecular flexibility index (Phi) is 3.20. The average molecular weight is 230 g/mol. The molecule has 0 saturated carbocycles. The molecule has 88 valence electrons. The van der Waals surface area contributed by atoms with E-state index in [1.54, 1.807) is 24.1 Å². The van der Waals surface area contributed by atoms with Crippen LogP contribution in [0.15, 0.2) is 42.7 Å². The van der Waals surface area contributed by atoms with E-state index in [-0.39, 0.29) is 5.91 Å². The average Bonchev–Trinajstić information content (AvgIpc) is 2.75. The summed E-state index contributed by atoms with van der Waals surface area (Å²) < 4.78 is 1.61. The van der Waals surface area contributed by atoms with E-state index in [4.69, 9.17) is 5.73 Å². The van der Waals surface area contributed by atoms with Crippen molar-refractivity contribution in [1.82, 2.24) is 9.78 Å². The Morgan fingerprint density at radius 2 is 2.12 bits per heavy atom. The summed E-state index contributed by atoms with van der Waals surface area (Å²) in [7, 11) is 1.78. The van der Waals surface area contributed by atoms with Gasteiger partial charge < -0.3 is 11.1 Å².